The van der Waals surface area contributed by atoms with Crippen LogP contribution in [0.1, 0.15) is 6.42 Å². The lowest BCUT2D eigenvalue weighted by Gasteiger charge is -2.20. The molecule has 0 radical (unpaired) electrons. The minimum atomic E-state index is 0. The summed E-state index contributed by atoms with van der Waals surface area (Å²) in [5, 5.41) is 6.49. The molecule has 1 rings (SSSR count). The predicted molar refractivity (Wildman–Crippen MR) is 93.5 cm³/mol. The van der Waals surface area contributed by atoms with Crippen molar-refractivity contribution in [3.8, 4) is 0 Å². The second-order valence-electron chi connectivity index (χ2n) is 4.67. The molecule has 0 aromatic carbocycles. The van der Waals surface area contributed by atoms with Crippen LogP contribution in [0.5, 0.6) is 0 Å². The van der Waals surface area contributed by atoms with Gasteiger partial charge in [0.05, 0.1) is 0 Å². The van der Waals surface area contributed by atoms with Gasteiger partial charge >= 0.3 is 0 Å². The minimum absolute atomic E-state index is 0. The number of halogens is 1. The van der Waals surface area contributed by atoms with Gasteiger partial charge in [0.25, 0.3) is 0 Å². The molecule has 0 spiro atoms. The monoisotopic (exact) mass is 381 g/mol. The molecule has 0 atom stereocenters. The second-order valence-corrected chi connectivity index (χ2v) is 4.67. The lowest BCUT2D eigenvalue weighted by Crippen LogP contribution is -2.42. The van der Waals surface area contributed by atoms with Gasteiger partial charge in [-0.3, -0.25) is 4.99 Å². The van der Waals surface area contributed by atoms with Crippen molar-refractivity contribution in [2.45, 2.75) is 6.42 Å². The number of guanidine groups is 1. The van der Waals surface area contributed by atoms with Gasteiger partial charge in [0.15, 0.2) is 5.96 Å². The highest BCUT2D eigenvalue weighted by atomic mass is 127. The molecule has 1 fully saturated rings. The number of likely N-dealkylation sites (N-methyl/N-ethyl adjacent to an activating group) is 1. The summed E-state index contributed by atoms with van der Waals surface area (Å²) in [7, 11) is 3.99. The molecular weight excluding hydrogens is 353 g/mol. The molecule has 2 N–H and O–H groups in total. The summed E-state index contributed by atoms with van der Waals surface area (Å²) in [5.74, 6) is 0.849. The first-order chi connectivity index (χ1) is 8.76. The summed E-state index contributed by atoms with van der Waals surface area (Å²) in [6.07, 6.45) is 3.09. The zero-order chi connectivity index (χ0) is 13.2. The number of hydrogen-bond acceptors (Lipinski definition) is 3. The molecule has 1 aliphatic rings. The van der Waals surface area contributed by atoms with Gasteiger partial charge in [0, 0.05) is 39.8 Å². The van der Waals surface area contributed by atoms with Crippen molar-refractivity contribution in [3.63, 3.8) is 0 Å². The van der Waals surface area contributed by atoms with Crippen LogP contribution in [0.15, 0.2) is 17.6 Å². The lowest BCUT2D eigenvalue weighted by atomic mass is 10.4. The van der Waals surface area contributed by atoms with Gasteiger partial charge in [-0.1, -0.05) is 6.08 Å². The van der Waals surface area contributed by atoms with Gasteiger partial charge < -0.3 is 20.4 Å². The zero-order valence-corrected chi connectivity index (χ0v) is 14.5. The minimum Gasteiger partial charge on any atom is -0.355 e. The van der Waals surface area contributed by atoms with Crippen LogP contribution in [0.2, 0.25) is 0 Å². The van der Waals surface area contributed by atoms with Crippen LogP contribution in [-0.2, 0) is 0 Å². The van der Waals surface area contributed by atoms with Gasteiger partial charge in [-0.05, 0) is 26.6 Å². The Labute approximate surface area is 134 Å². The van der Waals surface area contributed by atoms with Crippen molar-refractivity contribution < 1.29 is 0 Å². The summed E-state index contributed by atoms with van der Waals surface area (Å²) >= 11 is 0. The topological polar surface area (TPSA) is 42.9 Å². The van der Waals surface area contributed by atoms with Gasteiger partial charge in [-0.25, -0.2) is 0 Å². The van der Waals surface area contributed by atoms with E-state index in [1.165, 1.54) is 26.1 Å². The van der Waals surface area contributed by atoms with Gasteiger partial charge in [-0.15, -0.1) is 30.6 Å². The summed E-state index contributed by atoms with van der Waals surface area (Å²) in [4.78, 5) is 9.07. The van der Waals surface area contributed by atoms with Crippen LogP contribution in [0.4, 0.5) is 0 Å². The summed E-state index contributed by atoms with van der Waals surface area (Å²) in [6, 6.07) is 0. The maximum absolute atomic E-state index is 4.16. The molecule has 0 aliphatic carbocycles. The summed E-state index contributed by atoms with van der Waals surface area (Å²) in [5.41, 5.74) is 0. The highest BCUT2D eigenvalue weighted by molar-refractivity contribution is 14.0. The Hall–Kier alpha value is -0.340. The highest BCUT2D eigenvalue weighted by Crippen LogP contribution is 1.99. The number of nitrogens with zero attached hydrogens (tertiary/aromatic N) is 3. The van der Waals surface area contributed by atoms with E-state index in [9.17, 15) is 0 Å². The van der Waals surface area contributed by atoms with E-state index in [1.807, 2.05) is 6.08 Å². The van der Waals surface area contributed by atoms with E-state index >= 15 is 0 Å². The summed E-state index contributed by atoms with van der Waals surface area (Å²) < 4.78 is 0. The predicted octanol–water partition coefficient (Wildman–Crippen LogP) is 0.593. The molecule has 0 aromatic rings. The quantitative estimate of drug-likeness (QED) is 0.317. The fourth-order valence-corrected chi connectivity index (χ4v) is 2.05. The standard InChI is InChI=1S/C13H27N5.HI/c1-4-6-15-13(14-2)16-7-10-18-9-5-8-17(3)11-12-18;/h4H,1,5-12H2,2-3H3,(H2,14,15,16);1H. The van der Waals surface area contributed by atoms with Crippen molar-refractivity contribution >= 4 is 29.9 Å². The number of hydrogen-bond donors (Lipinski definition) is 2. The number of nitrogens with one attached hydrogen (secondary N) is 2. The Balaban J connectivity index is 0.00000324. The van der Waals surface area contributed by atoms with E-state index in [0.717, 1.165) is 32.1 Å². The van der Waals surface area contributed by atoms with Gasteiger partial charge in [0.2, 0.25) is 0 Å². The number of aliphatic imine (C=N–C) groups is 1. The molecule has 1 saturated heterocycles. The smallest absolute Gasteiger partial charge is 0.191 e. The molecule has 0 saturated carbocycles. The first-order valence-electron chi connectivity index (χ1n) is 6.72. The normalized spacial score (nSPS) is 18.3. The third kappa shape index (κ3) is 8.43. The maximum Gasteiger partial charge on any atom is 0.191 e. The van der Waals surface area contributed by atoms with Crippen molar-refractivity contribution in [2.24, 2.45) is 4.99 Å². The third-order valence-corrected chi connectivity index (χ3v) is 3.17. The van der Waals surface area contributed by atoms with Gasteiger partial charge in [0.1, 0.15) is 0 Å². The molecule has 19 heavy (non-hydrogen) atoms. The first-order valence-corrected chi connectivity index (χ1v) is 6.72. The van der Waals surface area contributed by atoms with E-state index in [4.69, 9.17) is 0 Å². The largest absolute Gasteiger partial charge is 0.355 e. The van der Waals surface area contributed by atoms with Crippen LogP contribution in [0, 0.1) is 0 Å². The SMILES string of the molecule is C=CCNC(=NC)NCCN1CCCN(C)CC1.I. The van der Waals surface area contributed by atoms with E-state index in [2.05, 4.69) is 39.1 Å². The Kier molecular flexibility index (Phi) is 11.3. The molecule has 0 amide bonds. The van der Waals surface area contributed by atoms with E-state index in [-0.39, 0.29) is 24.0 Å². The van der Waals surface area contributed by atoms with Crippen LogP contribution >= 0.6 is 24.0 Å². The van der Waals surface area contributed by atoms with Crippen molar-refractivity contribution in [1.82, 2.24) is 20.4 Å². The zero-order valence-electron chi connectivity index (χ0n) is 12.2. The van der Waals surface area contributed by atoms with Crippen LogP contribution in [0.3, 0.4) is 0 Å². The Morgan fingerprint density at radius 3 is 2.74 bits per heavy atom. The van der Waals surface area contributed by atoms with Crippen molar-refractivity contribution in [1.29, 1.82) is 0 Å². The molecule has 112 valence electrons. The van der Waals surface area contributed by atoms with Crippen molar-refractivity contribution in [3.05, 3.63) is 12.7 Å². The van der Waals surface area contributed by atoms with E-state index < -0.39 is 0 Å². The first kappa shape index (κ1) is 18.7. The Bertz CT molecular complexity index is 270. The summed E-state index contributed by atoms with van der Waals surface area (Å²) in [6.45, 7) is 11.2. The fraction of sp³-hybridized carbons (Fsp3) is 0.769. The Morgan fingerprint density at radius 1 is 1.26 bits per heavy atom. The maximum atomic E-state index is 4.16. The molecule has 6 heteroatoms. The van der Waals surface area contributed by atoms with Crippen LogP contribution in [-0.4, -0.2) is 75.7 Å². The lowest BCUT2D eigenvalue weighted by molar-refractivity contribution is 0.280. The molecule has 1 heterocycles. The molecule has 0 aromatic heterocycles. The number of rotatable bonds is 5. The fourth-order valence-electron chi connectivity index (χ4n) is 2.05. The van der Waals surface area contributed by atoms with Gasteiger partial charge in [-0.2, -0.15) is 0 Å². The molecule has 0 bridgehead atoms. The third-order valence-electron chi connectivity index (χ3n) is 3.17. The average Bonchev–Trinajstić information content (AvgIpc) is 2.58. The molecule has 0 unspecified atom stereocenters. The van der Waals surface area contributed by atoms with E-state index in [0.29, 0.717) is 0 Å². The Morgan fingerprint density at radius 2 is 2.05 bits per heavy atom. The van der Waals surface area contributed by atoms with Crippen LogP contribution in [0.25, 0.3) is 0 Å². The van der Waals surface area contributed by atoms with Crippen molar-refractivity contribution in [2.75, 3.05) is 59.9 Å². The molecule has 5 nitrogen and oxygen atoms in total. The van der Waals surface area contributed by atoms with Crippen LogP contribution < -0.4 is 10.6 Å². The highest BCUT2D eigenvalue weighted by Gasteiger charge is 2.11. The molecular formula is C13H28IN5. The second kappa shape index (κ2) is 11.5. The molecule has 1 aliphatic heterocycles. The van der Waals surface area contributed by atoms with E-state index in [1.54, 1.807) is 7.05 Å². The average molecular weight is 381 g/mol.